The van der Waals surface area contributed by atoms with Gasteiger partial charge in [-0.3, -0.25) is 4.79 Å². The molecule has 4 heterocycles. The Kier molecular flexibility index (Phi) is 6.31. The number of amides is 1. The average Bonchev–Trinajstić information content (AvgIpc) is 3.04. The molecule has 0 bridgehead atoms. The van der Waals surface area contributed by atoms with Crippen LogP contribution in [0.4, 0.5) is 5.82 Å². The van der Waals surface area contributed by atoms with Crippen LogP contribution in [0.1, 0.15) is 41.5 Å². The van der Waals surface area contributed by atoms with E-state index in [2.05, 4.69) is 16.8 Å². The molecule has 0 saturated carbocycles. The molecule has 9 heteroatoms. The predicted molar refractivity (Wildman–Crippen MR) is 124 cm³/mol. The summed E-state index contributed by atoms with van der Waals surface area (Å²) in [6.07, 6.45) is 3.65. The number of anilines is 1. The zero-order valence-electron chi connectivity index (χ0n) is 19.4. The van der Waals surface area contributed by atoms with Gasteiger partial charge in [0.1, 0.15) is 10.7 Å². The molecule has 2 aliphatic rings. The summed E-state index contributed by atoms with van der Waals surface area (Å²) in [6.45, 7) is 9.03. The Hall–Kier alpha value is -2.39. The molecule has 2 aromatic rings. The monoisotopic (exact) mass is 459 g/mol. The topological polar surface area (TPSA) is 78.8 Å². The zero-order valence-corrected chi connectivity index (χ0v) is 20.2. The molecule has 2 aromatic heterocycles. The lowest BCUT2D eigenvalue weighted by Gasteiger charge is -2.35. The first-order valence-electron chi connectivity index (χ1n) is 11.3. The SMILES string of the molecule is Cc1c(C(=O)N2CCC(C)CC2)c(S(=O)(=O)N2CCN(c3ccccn3)CC2)c(C)n1C. The third-order valence-corrected chi connectivity index (χ3v) is 9.08. The molecule has 0 aromatic carbocycles. The van der Waals surface area contributed by atoms with Crippen LogP contribution in [0.15, 0.2) is 29.3 Å². The molecule has 0 atom stereocenters. The molecular formula is C23H33N5O3S. The van der Waals surface area contributed by atoms with Gasteiger partial charge in [0.2, 0.25) is 10.0 Å². The molecule has 0 aliphatic carbocycles. The molecule has 0 unspecified atom stereocenters. The molecule has 2 aliphatic heterocycles. The first kappa shape index (κ1) is 22.8. The van der Waals surface area contributed by atoms with E-state index in [1.165, 1.54) is 4.31 Å². The van der Waals surface area contributed by atoms with Gasteiger partial charge in [-0.1, -0.05) is 13.0 Å². The minimum absolute atomic E-state index is 0.163. The van der Waals surface area contributed by atoms with Crippen molar-refractivity contribution in [3.8, 4) is 0 Å². The van der Waals surface area contributed by atoms with Crippen molar-refractivity contribution in [2.24, 2.45) is 13.0 Å². The number of likely N-dealkylation sites (tertiary alicyclic amines) is 1. The van der Waals surface area contributed by atoms with Crippen molar-refractivity contribution in [2.75, 3.05) is 44.2 Å². The zero-order chi connectivity index (χ0) is 23.0. The van der Waals surface area contributed by atoms with Crippen LogP contribution >= 0.6 is 0 Å². The van der Waals surface area contributed by atoms with Crippen LogP contribution < -0.4 is 4.90 Å². The molecule has 174 valence electrons. The minimum Gasteiger partial charge on any atom is -0.354 e. The van der Waals surface area contributed by atoms with Crippen molar-refractivity contribution in [3.05, 3.63) is 41.3 Å². The number of carbonyl (C=O) groups excluding carboxylic acids is 1. The van der Waals surface area contributed by atoms with Gasteiger partial charge >= 0.3 is 0 Å². The van der Waals surface area contributed by atoms with Gasteiger partial charge in [-0.2, -0.15) is 4.31 Å². The lowest BCUT2D eigenvalue weighted by atomic mass is 9.98. The van der Waals surface area contributed by atoms with Crippen molar-refractivity contribution < 1.29 is 13.2 Å². The van der Waals surface area contributed by atoms with Crippen molar-refractivity contribution in [1.29, 1.82) is 0 Å². The number of piperidine rings is 1. The predicted octanol–water partition coefficient (Wildman–Crippen LogP) is 2.42. The van der Waals surface area contributed by atoms with Gasteiger partial charge in [-0.25, -0.2) is 13.4 Å². The highest BCUT2D eigenvalue weighted by molar-refractivity contribution is 7.89. The Morgan fingerprint density at radius 1 is 1.00 bits per heavy atom. The average molecular weight is 460 g/mol. The molecule has 0 radical (unpaired) electrons. The van der Waals surface area contributed by atoms with Crippen LogP contribution in [-0.2, 0) is 17.1 Å². The maximum atomic E-state index is 13.8. The maximum Gasteiger partial charge on any atom is 0.257 e. The van der Waals surface area contributed by atoms with Crippen LogP contribution in [0.2, 0.25) is 0 Å². The normalized spacial score (nSPS) is 18.9. The molecule has 0 N–H and O–H groups in total. The van der Waals surface area contributed by atoms with E-state index >= 15 is 0 Å². The summed E-state index contributed by atoms with van der Waals surface area (Å²) in [5.41, 5.74) is 1.66. The van der Waals surface area contributed by atoms with E-state index in [0.717, 1.165) is 18.7 Å². The van der Waals surface area contributed by atoms with Crippen molar-refractivity contribution in [3.63, 3.8) is 0 Å². The first-order valence-corrected chi connectivity index (χ1v) is 12.8. The number of hydrogen-bond donors (Lipinski definition) is 0. The van der Waals surface area contributed by atoms with E-state index < -0.39 is 10.0 Å². The first-order chi connectivity index (χ1) is 15.2. The minimum atomic E-state index is -3.81. The van der Waals surface area contributed by atoms with Crippen LogP contribution in [-0.4, -0.2) is 72.3 Å². The molecule has 8 nitrogen and oxygen atoms in total. The quantitative estimate of drug-likeness (QED) is 0.702. The number of rotatable bonds is 4. The maximum absolute atomic E-state index is 13.8. The Labute approximate surface area is 190 Å². The second kappa shape index (κ2) is 8.86. The Morgan fingerprint density at radius 2 is 1.66 bits per heavy atom. The van der Waals surface area contributed by atoms with Gasteiger partial charge in [0, 0.05) is 63.9 Å². The van der Waals surface area contributed by atoms with Gasteiger partial charge in [0.05, 0.1) is 5.56 Å². The highest BCUT2D eigenvalue weighted by Gasteiger charge is 2.38. The van der Waals surface area contributed by atoms with Gasteiger partial charge in [0.15, 0.2) is 0 Å². The van der Waals surface area contributed by atoms with E-state index in [-0.39, 0.29) is 10.8 Å². The van der Waals surface area contributed by atoms with Crippen LogP contribution in [0.5, 0.6) is 0 Å². The molecule has 2 saturated heterocycles. The van der Waals surface area contributed by atoms with Gasteiger partial charge in [0.25, 0.3) is 5.91 Å². The van der Waals surface area contributed by atoms with Gasteiger partial charge < -0.3 is 14.4 Å². The summed E-state index contributed by atoms with van der Waals surface area (Å²) in [5, 5.41) is 0. The van der Waals surface area contributed by atoms with E-state index in [1.807, 2.05) is 41.6 Å². The summed E-state index contributed by atoms with van der Waals surface area (Å²) >= 11 is 0. The lowest BCUT2D eigenvalue weighted by molar-refractivity contribution is 0.0692. The van der Waals surface area contributed by atoms with Crippen LogP contribution in [0.25, 0.3) is 0 Å². The Balaban J connectivity index is 1.61. The van der Waals surface area contributed by atoms with Gasteiger partial charge in [-0.15, -0.1) is 0 Å². The summed E-state index contributed by atoms with van der Waals surface area (Å²) in [5.74, 6) is 1.28. The van der Waals surface area contributed by atoms with E-state index in [9.17, 15) is 13.2 Å². The summed E-state index contributed by atoms with van der Waals surface area (Å²) < 4.78 is 30.9. The highest BCUT2D eigenvalue weighted by atomic mass is 32.2. The fraction of sp³-hybridized carbons (Fsp3) is 0.565. The number of carbonyl (C=O) groups is 1. The standard InChI is InChI=1S/C23H33N5O3S/c1-17-8-11-27(12-9-17)23(29)21-18(2)25(4)19(3)22(21)32(30,31)28-15-13-26(14-16-28)20-7-5-6-10-24-20/h5-7,10,17H,8-9,11-16H2,1-4H3. The van der Waals surface area contributed by atoms with Crippen molar-refractivity contribution in [1.82, 2.24) is 18.8 Å². The molecule has 2 fully saturated rings. The number of aromatic nitrogens is 2. The van der Waals surface area contributed by atoms with Crippen molar-refractivity contribution in [2.45, 2.75) is 38.5 Å². The number of pyridine rings is 1. The largest absolute Gasteiger partial charge is 0.354 e. The van der Waals surface area contributed by atoms with Gasteiger partial charge in [-0.05, 0) is 44.7 Å². The van der Waals surface area contributed by atoms with Crippen molar-refractivity contribution >= 4 is 21.7 Å². The number of piperazine rings is 1. The molecule has 32 heavy (non-hydrogen) atoms. The number of sulfonamides is 1. The Bertz CT molecular complexity index is 1080. The van der Waals surface area contributed by atoms with E-state index in [1.54, 1.807) is 13.1 Å². The number of nitrogens with zero attached hydrogens (tertiary/aromatic N) is 5. The summed E-state index contributed by atoms with van der Waals surface area (Å²) in [4.78, 5) is 22.0. The molecule has 4 rings (SSSR count). The molecule has 0 spiro atoms. The summed E-state index contributed by atoms with van der Waals surface area (Å²) in [6, 6.07) is 5.73. The van der Waals surface area contributed by atoms with E-state index in [4.69, 9.17) is 0 Å². The fourth-order valence-corrected chi connectivity index (χ4v) is 6.59. The molecular weight excluding hydrogens is 426 g/mol. The third kappa shape index (κ3) is 4.03. The second-order valence-corrected chi connectivity index (χ2v) is 10.9. The summed E-state index contributed by atoms with van der Waals surface area (Å²) in [7, 11) is -1.98. The Morgan fingerprint density at radius 3 is 2.25 bits per heavy atom. The van der Waals surface area contributed by atoms with Crippen LogP contribution in [0, 0.1) is 19.8 Å². The van der Waals surface area contributed by atoms with Crippen LogP contribution in [0.3, 0.4) is 0 Å². The molecule has 1 amide bonds. The lowest BCUT2D eigenvalue weighted by Crippen LogP contribution is -2.49. The third-order valence-electron chi connectivity index (χ3n) is 7.02. The highest BCUT2D eigenvalue weighted by Crippen LogP contribution is 2.32. The number of hydrogen-bond acceptors (Lipinski definition) is 5. The smallest absolute Gasteiger partial charge is 0.257 e. The van der Waals surface area contributed by atoms with E-state index in [0.29, 0.717) is 62.1 Å². The second-order valence-electron chi connectivity index (χ2n) is 8.99. The fourth-order valence-electron chi connectivity index (χ4n) is 4.68.